The number of anilines is 1. The Balaban J connectivity index is 1.75. The predicted octanol–water partition coefficient (Wildman–Crippen LogP) is 4.72. The third-order valence-corrected chi connectivity index (χ3v) is 3.90. The molecule has 0 heterocycles. The van der Waals surface area contributed by atoms with Crippen molar-refractivity contribution < 1.29 is 19.4 Å². The highest BCUT2D eigenvalue weighted by molar-refractivity contribution is 6.09. The molecule has 0 spiro atoms. The maximum atomic E-state index is 12.4. The van der Waals surface area contributed by atoms with Crippen LogP contribution >= 0.6 is 0 Å². The molecule has 0 saturated carbocycles. The smallest absolute Gasteiger partial charge is 0.335 e. The number of nitrogens with zero attached hydrogens (tertiary/aromatic N) is 1. The van der Waals surface area contributed by atoms with Gasteiger partial charge in [-0.05, 0) is 60.2 Å². The zero-order valence-electron chi connectivity index (χ0n) is 15.2. The predicted molar refractivity (Wildman–Crippen MR) is 109 cm³/mol. The van der Waals surface area contributed by atoms with Crippen LogP contribution in [-0.4, -0.2) is 17.0 Å². The van der Waals surface area contributed by atoms with Crippen LogP contribution in [0.15, 0.2) is 84.4 Å². The van der Waals surface area contributed by atoms with Gasteiger partial charge in [0.2, 0.25) is 0 Å². The second kappa shape index (κ2) is 9.02. The number of hydrogen-bond donors (Lipinski definition) is 2. The van der Waals surface area contributed by atoms with Gasteiger partial charge in [-0.15, -0.1) is 0 Å². The Labute approximate surface area is 167 Å². The molecular formula is C23H16N2O4. The lowest BCUT2D eigenvalue weighted by molar-refractivity contribution is -0.112. The first-order valence-electron chi connectivity index (χ1n) is 8.64. The van der Waals surface area contributed by atoms with Crippen molar-refractivity contribution in [1.29, 1.82) is 5.26 Å². The van der Waals surface area contributed by atoms with Crippen molar-refractivity contribution in [1.82, 2.24) is 0 Å². The molecule has 0 saturated heterocycles. The van der Waals surface area contributed by atoms with Gasteiger partial charge in [0.1, 0.15) is 23.1 Å². The van der Waals surface area contributed by atoms with Crippen molar-refractivity contribution in [3.05, 3.63) is 95.6 Å². The van der Waals surface area contributed by atoms with Crippen LogP contribution < -0.4 is 10.1 Å². The average Bonchev–Trinajstić information content (AvgIpc) is 2.73. The third-order valence-electron chi connectivity index (χ3n) is 3.90. The van der Waals surface area contributed by atoms with Crippen LogP contribution in [-0.2, 0) is 4.79 Å². The molecule has 3 aromatic carbocycles. The van der Waals surface area contributed by atoms with Gasteiger partial charge < -0.3 is 15.2 Å². The fourth-order valence-corrected chi connectivity index (χ4v) is 2.50. The van der Waals surface area contributed by atoms with E-state index in [1.807, 2.05) is 36.4 Å². The summed E-state index contributed by atoms with van der Waals surface area (Å²) in [5.74, 6) is -0.397. The summed E-state index contributed by atoms with van der Waals surface area (Å²) in [6, 6.07) is 23.8. The average molecular weight is 384 g/mol. The molecule has 29 heavy (non-hydrogen) atoms. The second-order valence-electron chi connectivity index (χ2n) is 5.99. The Morgan fingerprint density at radius 2 is 1.62 bits per heavy atom. The molecule has 3 rings (SSSR count). The van der Waals surface area contributed by atoms with Crippen LogP contribution in [0.5, 0.6) is 11.5 Å². The minimum atomic E-state index is -1.06. The van der Waals surface area contributed by atoms with Gasteiger partial charge in [0.15, 0.2) is 0 Å². The second-order valence-corrected chi connectivity index (χ2v) is 5.99. The SMILES string of the molecule is N#CC(=Cc1cccc(Oc2ccccc2)c1)C(=O)Nc1ccc(C(=O)O)cc1. The van der Waals surface area contributed by atoms with Crippen LogP contribution in [0.25, 0.3) is 6.08 Å². The number of benzene rings is 3. The number of carboxylic acid groups (broad SMARTS) is 1. The van der Waals surface area contributed by atoms with E-state index in [0.717, 1.165) is 0 Å². The summed E-state index contributed by atoms with van der Waals surface area (Å²) in [5.41, 5.74) is 1.03. The molecule has 0 unspecified atom stereocenters. The highest BCUT2D eigenvalue weighted by Crippen LogP contribution is 2.23. The first-order chi connectivity index (χ1) is 14.0. The number of rotatable bonds is 6. The summed E-state index contributed by atoms with van der Waals surface area (Å²) in [6.07, 6.45) is 1.46. The number of nitrogens with one attached hydrogen (secondary N) is 1. The fourth-order valence-electron chi connectivity index (χ4n) is 2.50. The normalized spacial score (nSPS) is 10.7. The van der Waals surface area contributed by atoms with Crippen LogP contribution in [0.3, 0.4) is 0 Å². The number of hydrogen-bond acceptors (Lipinski definition) is 4. The van der Waals surface area contributed by atoms with Crippen molar-refractivity contribution in [2.75, 3.05) is 5.32 Å². The fraction of sp³-hybridized carbons (Fsp3) is 0. The number of carbonyl (C=O) groups excluding carboxylic acids is 1. The minimum absolute atomic E-state index is 0.0934. The van der Waals surface area contributed by atoms with E-state index >= 15 is 0 Å². The standard InChI is InChI=1S/C23H16N2O4/c24-15-18(22(26)25-19-11-9-17(10-12-19)23(27)28)13-16-5-4-8-21(14-16)29-20-6-2-1-3-7-20/h1-14H,(H,25,26)(H,27,28). The number of para-hydroxylation sites is 1. The lowest BCUT2D eigenvalue weighted by Crippen LogP contribution is -2.13. The van der Waals surface area contributed by atoms with Crippen LogP contribution in [0, 0.1) is 11.3 Å². The van der Waals surface area contributed by atoms with Gasteiger partial charge in [0.05, 0.1) is 5.56 Å². The lowest BCUT2D eigenvalue weighted by atomic mass is 10.1. The molecule has 0 aromatic heterocycles. The minimum Gasteiger partial charge on any atom is -0.478 e. The van der Waals surface area contributed by atoms with Gasteiger partial charge in [0.25, 0.3) is 5.91 Å². The number of carbonyl (C=O) groups is 2. The van der Waals surface area contributed by atoms with Crippen LogP contribution in [0.2, 0.25) is 0 Å². The van der Waals surface area contributed by atoms with Gasteiger partial charge in [-0.1, -0.05) is 30.3 Å². The first kappa shape index (κ1) is 19.4. The molecule has 0 aliphatic heterocycles. The Morgan fingerprint density at radius 1 is 0.931 bits per heavy atom. The molecule has 0 aliphatic rings. The molecule has 142 valence electrons. The quantitative estimate of drug-likeness (QED) is 0.473. The molecule has 6 nitrogen and oxygen atoms in total. The highest BCUT2D eigenvalue weighted by Gasteiger charge is 2.11. The molecule has 1 amide bonds. The molecule has 3 aromatic rings. The maximum Gasteiger partial charge on any atom is 0.335 e. The Hall–Kier alpha value is -4.37. The molecule has 0 fully saturated rings. The van der Waals surface area contributed by atoms with Crippen molar-refractivity contribution in [3.63, 3.8) is 0 Å². The van der Waals surface area contributed by atoms with Crippen molar-refractivity contribution >= 4 is 23.6 Å². The number of amides is 1. The van der Waals surface area contributed by atoms with Gasteiger partial charge >= 0.3 is 5.97 Å². The summed E-state index contributed by atoms with van der Waals surface area (Å²) < 4.78 is 5.76. The van der Waals surface area contributed by atoms with E-state index in [9.17, 15) is 14.9 Å². The van der Waals surface area contributed by atoms with E-state index in [1.54, 1.807) is 24.3 Å². The topological polar surface area (TPSA) is 99.4 Å². The number of nitriles is 1. The summed E-state index contributed by atoms with van der Waals surface area (Å²) >= 11 is 0. The van der Waals surface area contributed by atoms with Crippen molar-refractivity contribution in [2.45, 2.75) is 0 Å². The lowest BCUT2D eigenvalue weighted by Gasteiger charge is -2.07. The van der Waals surface area contributed by atoms with Crippen LogP contribution in [0.1, 0.15) is 15.9 Å². The van der Waals surface area contributed by atoms with E-state index in [0.29, 0.717) is 22.7 Å². The van der Waals surface area contributed by atoms with E-state index in [1.165, 1.54) is 30.3 Å². The molecule has 0 atom stereocenters. The number of ether oxygens (including phenoxy) is 1. The van der Waals surface area contributed by atoms with Gasteiger partial charge in [-0.2, -0.15) is 5.26 Å². The monoisotopic (exact) mass is 384 g/mol. The Bertz CT molecular complexity index is 1100. The van der Waals surface area contributed by atoms with Gasteiger partial charge in [-0.25, -0.2) is 4.79 Å². The number of carboxylic acids is 1. The van der Waals surface area contributed by atoms with Gasteiger partial charge in [0, 0.05) is 5.69 Å². The molecular weight excluding hydrogens is 368 g/mol. The maximum absolute atomic E-state index is 12.4. The number of aromatic carboxylic acids is 1. The molecule has 0 aliphatic carbocycles. The van der Waals surface area contributed by atoms with Crippen LogP contribution in [0.4, 0.5) is 5.69 Å². The largest absolute Gasteiger partial charge is 0.478 e. The first-order valence-corrected chi connectivity index (χ1v) is 8.64. The highest BCUT2D eigenvalue weighted by atomic mass is 16.5. The zero-order chi connectivity index (χ0) is 20.6. The summed E-state index contributed by atoms with van der Waals surface area (Å²) in [6.45, 7) is 0. The summed E-state index contributed by atoms with van der Waals surface area (Å²) in [7, 11) is 0. The van der Waals surface area contributed by atoms with Gasteiger partial charge in [-0.3, -0.25) is 4.79 Å². The summed E-state index contributed by atoms with van der Waals surface area (Å²) in [4.78, 5) is 23.3. The van der Waals surface area contributed by atoms with E-state index in [2.05, 4.69) is 5.32 Å². The Morgan fingerprint density at radius 3 is 2.28 bits per heavy atom. The molecule has 0 bridgehead atoms. The van der Waals surface area contributed by atoms with Crippen molar-refractivity contribution in [2.24, 2.45) is 0 Å². The van der Waals surface area contributed by atoms with E-state index in [-0.39, 0.29) is 11.1 Å². The molecule has 6 heteroatoms. The Kier molecular flexibility index (Phi) is 6.03. The molecule has 2 N–H and O–H groups in total. The third kappa shape index (κ3) is 5.31. The van der Waals surface area contributed by atoms with E-state index in [4.69, 9.17) is 9.84 Å². The van der Waals surface area contributed by atoms with E-state index < -0.39 is 11.9 Å². The molecule has 0 radical (unpaired) electrons. The zero-order valence-corrected chi connectivity index (χ0v) is 15.2. The summed E-state index contributed by atoms with van der Waals surface area (Å²) in [5, 5.41) is 20.9. The van der Waals surface area contributed by atoms with Crippen molar-refractivity contribution in [3.8, 4) is 17.6 Å².